The highest BCUT2D eigenvalue weighted by Crippen LogP contribution is 2.30. The van der Waals surface area contributed by atoms with E-state index in [4.69, 9.17) is 0 Å². The fraction of sp³-hybridized carbons (Fsp3) is 0.364. The van der Waals surface area contributed by atoms with E-state index in [1.807, 2.05) is 6.26 Å². The lowest BCUT2D eigenvalue weighted by atomic mass is 10.2. The zero-order chi connectivity index (χ0) is 13.8. The number of carbonyl (C=O) groups is 1. The highest BCUT2D eigenvalue weighted by molar-refractivity contribution is 8.01. The predicted molar refractivity (Wildman–Crippen MR) is 75.6 cm³/mol. The van der Waals surface area contributed by atoms with Gasteiger partial charge in [0.05, 0.1) is 11.3 Å². The van der Waals surface area contributed by atoms with Crippen LogP contribution in [-0.4, -0.2) is 43.5 Å². The Bertz CT molecular complexity index is 537. The van der Waals surface area contributed by atoms with E-state index in [1.54, 1.807) is 18.2 Å². The van der Waals surface area contributed by atoms with Crippen LogP contribution in [0.4, 0.5) is 0 Å². The number of hydrogen-bond donors (Lipinski definition) is 1. The van der Waals surface area contributed by atoms with Crippen LogP contribution in [0.2, 0.25) is 0 Å². The summed E-state index contributed by atoms with van der Waals surface area (Å²) in [6.07, 6.45) is 2.98. The summed E-state index contributed by atoms with van der Waals surface area (Å²) in [5.74, 6) is -0.584. The number of carboxylic acids is 1. The molecule has 0 spiro atoms. The number of rotatable bonds is 6. The average Bonchev–Trinajstić information content (AvgIpc) is 2.26. The van der Waals surface area contributed by atoms with E-state index in [0.29, 0.717) is 15.5 Å². The third-order valence-electron chi connectivity index (χ3n) is 2.13. The molecule has 0 amide bonds. The van der Waals surface area contributed by atoms with Gasteiger partial charge < -0.3 is 5.11 Å². The largest absolute Gasteiger partial charge is 0.478 e. The molecule has 1 rings (SSSR count). The van der Waals surface area contributed by atoms with Gasteiger partial charge >= 0.3 is 5.97 Å². The van der Waals surface area contributed by atoms with Gasteiger partial charge in [-0.25, -0.2) is 13.2 Å². The number of thioether (sulfide) groups is 2. The van der Waals surface area contributed by atoms with Crippen molar-refractivity contribution in [1.82, 2.24) is 0 Å². The van der Waals surface area contributed by atoms with Gasteiger partial charge in [0.2, 0.25) is 0 Å². The Morgan fingerprint density at radius 3 is 2.44 bits per heavy atom. The first-order chi connectivity index (χ1) is 8.35. The molecule has 0 aliphatic carbocycles. The van der Waals surface area contributed by atoms with Crippen molar-refractivity contribution >= 4 is 39.3 Å². The summed E-state index contributed by atoms with van der Waals surface area (Å²) in [5.41, 5.74) is 0.253. The summed E-state index contributed by atoms with van der Waals surface area (Å²) in [5, 5.41) is 9.19. The third-order valence-corrected chi connectivity index (χ3v) is 5.18. The predicted octanol–water partition coefficient (Wildman–Crippen LogP) is 2.24. The Morgan fingerprint density at radius 1 is 1.33 bits per heavy atom. The highest BCUT2D eigenvalue weighted by atomic mass is 32.2. The fourth-order valence-corrected chi connectivity index (χ4v) is 4.28. The van der Waals surface area contributed by atoms with Crippen molar-refractivity contribution in [2.75, 3.05) is 24.0 Å². The molecule has 1 N–H and O–H groups in total. The lowest BCUT2D eigenvalue weighted by molar-refractivity contribution is 0.0689. The summed E-state index contributed by atoms with van der Waals surface area (Å²) in [7, 11) is -3.02. The summed E-state index contributed by atoms with van der Waals surface area (Å²) < 4.78 is 22.1. The lowest BCUT2D eigenvalue weighted by Crippen LogP contribution is -2.06. The number of hydrogen-bond acceptors (Lipinski definition) is 5. The van der Waals surface area contributed by atoms with Gasteiger partial charge in [0.1, 0.15) is 9.84 Å². The van der Waals surface area contributed by atoms with Gasteiger partial charge in [-0.05, 0) is 18.4 Å². The first-order valence-corrected chi connectivity index (χ1v) is 9.33. The summed E-state index contributed by atoms with van der Waals surface area (Å²) in [6.45, 7) is 0. The standard InChI is InChI=1S/C11H14O4S3/c1-16-8-4-3-5-9(10(8)11(12)13)17-6-7-18(2,14)15/h3-5H,6-7H2,1-2H3,(H,12,13). The van der Waals surface area contributed by atoms with Crippen LogP contribution in [0.1, 0.15) is 10.4 Å². The Balaban J connectivity index is 2.92. The van der Waals surface area contributed by atoms with Crippen molar-refractivity contribution in [3.63, 3.8) is 0 Å². The Hall–Kier alpha value is -0.660. The molecule has 18 heavy (non-hydrogen) atoms. The second-order valence-electron chi connectivity index (χ2n) is 3.62. The van der Waals surface area contributed by atoms with E-state index < -0.39 is 15.8 Å². The minimum absolute atomic E-state index is 0.0419. The van der Waals surface area contributed by atoms with Crippen LogP contribution in [0.15, 0.2) is 28.0 Å². The van der Waals surface area contributed by atoms with Crippen LogP contribution >= 0.6 is 23.5 Å². The molecule has 0 heterocycles. The van der Waals surface area contributed by atoms with Crippen LogP contribution in [0.25, 0.3) is 0 Å². The Kier molecular flexibility index (Phi) is 5.55. The second kappa shape index (κ2) is 6.49. The maximum Gasteiger partial charge on any atom is 0.337 e. The van der Waals surface area contributed by atoms with Gasteiger partial charge in [0.25, 0.3) is 0 Å². The number of sulfone groups is 1. The maximum atomic E-state index is 11.2. The fourth-order valence-electron chi connectivity index (χ4n) is 1.32. The molecular weight excluding hydrogens is 292 g/mol. The van der Waals surface area contributed by atoms with E-state index in [9.17, 15) is 18.3 Å². The molecule has 7 heteroatoms. The molecular formula is C11H14O4S3. The first-order valence-electron chi connectivity index (χ1n) is 5.06. The van der Waals surface area contributed by atoms with Gasteiger partial charge in [-0.15, -0.1) is 23.5 Å². The molecule has 0 fully saturated rings. The third kappa shape index (κ3) is 4.55. The minimum atomic E-state index is -3.02. The van der Waals surface area contributed by atoms with Crippen LogP contribution < -0.4 is 0 Å². The van der Waals surface area contributed by atoms with Gasteiger partial charge in [0.15, 0.2) is 0 Å². The minimum Gasteiger partial charge on any atom is -0.478 e. The van der Waals surface area contributed by atoms with Crippen molar-refractivity contribution in [2.24, 2.45) is 0 Å². The van der Waals surface area contributed by atoms with E-state index in [-0.39, 0.29) is 11.3 Å². The first kappa shape index (κ1) is 15.4. The van der Waals surface area contributed by atoms with Crippen molar-refractivity contribution in [3.8, 4) is 0 Å². The Morgan fingerprint density at radius 2 is 1.94 bits per heavy atom. The van der Waals surface area contributed by atoms with Gasteiger partial charge in [-0.3, -0.25) is 0 Å². The maximum absolute atomic E-state index is 11.2. The van der Waals surface area contributed by atoms with Crippen LogP contribution in [-0.2, 0) is 9.84 Å². The van der Waals surface area contributed by atoms with Crippen LogP contribution in [0.5, 0.6) is 0 Å². The van der Waals surface area contributed by atoms with E-state index in [0.717, 1.165) is 0 Å². The number of carboxylic acid groups (broad SMARTS) is 1. The quantitative estimate of drug-likeness (QED) is 0.813. The van der Waals surface area contributed by atoms with E-state index in [2.05, 4.69) is 0 Å². The summed E-state index contributed by atoms with van der Waals surface area (Å²) in [4.78, 5) is 12.5. The molecule has 0 unspecified atom stereocenters. The van der Waals surface area contributed by atoms with Gasteiger partial charge in [0, 0.05) is 21.8 Å². The molecule has 1 aromatic rings. The second-order valence-corrected chi connectivity index (χ2v) is 7.86. The molecule has 0 saturated heterocycles. The summed E-state index contributed by atoms with van der Waals surface area (Å²) >= 11 is 2.62. The summed E-state index contributed by atoms with van der Waals surface area (Å²) in [6, 6.07) is 5.23. The van der Waals surface area contributed by atoms with Gasteiger partial charge in [-0.1, -0.05) is 6.07 Å². The van der Waals surface area contributed by atoms with Crippen molar-refractivity contribution in [3.05, 3.63) is 23.8 Å². The van der Waals surface area contributed by atoms with Crippen molar-refractivity contribution < 1.29 is 18.3 Å². The van der Waals surface area contributed by atoms with Crippen molar-refractivity contribution in [1.29, 1.82) is 0 Å². The molecule has 0 radical (unpaired) electrons. The Labute approximate surface area is 115 Å². The molecule has 0 aliphatic rings. The van der Waals surface area contributed by atoms with Gasteiger partial charge in [-0.2, -0.15) is 0 Å². The molecule has 1 aromatic carbocycles. The number of benzene rings is 1. The van der Waals surface area contributed by atoms with Crippen LogP contribution in [0, 0.1) is 0 Å². The van der Waals surface area contributed by atoms with Crippen LogP contribution in [0.3, 0.4) is 0 Å². The van der Waals surface area contributed by atoms with Crippen molar-refractivity contribution in [2.45, 2.75) is 9.79 Å². The molecule has 0 aliphatic heterocycles. The zero-order valence-electron chi connectivity index (χ0n) is 10.0. The van der Waals surface area contributed by atoms with E-state index >= 15 is 0 Å². The average molecular weight is 306 g/mol. The van der Waals surface area contributed by atoms with E-state index in [1.165, 1.54) is 29.8 Å². The molecule has 0 atom stereocenters. The molecule has 0 aromatic heterocycles. The normalized spacial score (nSPS) is 11.4. The topological polar surface area (TPSA) is 71.4 Å². The zero-order valence-corrected chi connectivity index (χ0v) is 12.5. The highest BCUT2D eigenvalue weighted by Gasteiger charge is 2.15. The lowest BCUT2D eigenvalue weighted by Gasteiger charge is -2.09. The number of aromatic carboxylic acids is 1. The molecule has 0 saturated carbocycles. The molecule has 0 bridgehead atoms. The molecule has 100 valence electrons. The monoisotopic (exact) mass is 306 g/mol. The SMILES string of the molecule is CSc1cccc(SCCS(C)(=O)=O)c1C(=O)O. The molecule has 4 nitrogen and oxygen atoms in total. The smallest absolute Gasteiger partial charge is 0.337 e.